The lowest BCUT2D eigenvalue weighted by molar-refractivity contribution is 0.000558. The molecule has 1 aromatic carbocycles. The van der Waals surface area contributed by atoms with Gasteiger partial charge in [-0.2, -0.15) is 0 Å². The Bertz CT molecular complexity index is 586. The Balaban J connectivity index is 1.93. The van der Waals surface area contributed by atoms with Gasteiger partial charge in [-0.05, 0) is 68.0 Å². The molecule has 1 heterocycles. The van der Waals surface area contributed by atoms with Crippen LogP contribution in [0.5, 0.6) is 5.75 Å². The summed E-state index contributed by atoms with van der Waals surface area (Å²) in [4.78, 5) is 16.5. The molecule has 1 aliphatic rings. The largest absolute Gasteiger partial charge is 0.496 e. The highest BCUT2D eigenvalue weighted by atomic mass is 127. The van der Waals surface area contributed by atoms with Crippen LogP contribution >= 0.6 is 22.6 Å². The highest BCUT2D eigenvalue weighted by molar-refractivity contribution is 14.1. The molecule has 0 radical (unpaired) electrons. The van der Waals surface area contributed by atoms with Crippen LogP contribution in [0.2, 0.25) is 0 Å². The normalized spacial score (nSPS) is 19.2. The van der Waals surface area contributed by atoms with Crippen LogP contribution in [0.15, 0.2) is 18.2 Å². The quantitative estimate of drug-likeness (QED) is 0.664. The number of nitrogens with zero attached hydrogens (tertiary/aromatic N) is 2. The van der Waals surface area contributed by atoms with Crippen molar-refractivity contribution < 1.29 is 14.3 Å². The number of amides is 1. The third-order valence-electron chi connectivity index (χ3n) is 3.96. The molecule has 6 heteroatoms. The maximum absolute atomic E-state index is 12.3. The van der Waals surface area contributed by atoms with Gasteiger partial charge in [-0.1, -0.05) is 6.07 Å². The molecule has 2 rings (SSSR count). The van der Waals surface area contributed by atoms with E-state index in [4.69, 9.17) is 9.47 Å². The van der Waals surface area contributed by atoms with Crippen molar-refractivity contribution in [1.29, 1.82) is 0 Å². The summed E-state index contributed by atoms with van der Waals surface area (Å²) in [5.41, 5.74) is 0.811. The number of hydrogen-bond acceptors (Lipinski definition) is 4. The number of carbonyl (C=O) groups is 1. The third kappa shape index (κ3) is 5.24. The van der Waals surface area contributed by atoms with Crippen molar-refractivity contribution >= 4 is 28.7 Å². The first-order valence-electron chi connectivity index (χ1n) is 8.24. The average molecular weight is 446 g/mol. The maximum Gasteiger partial charge on any atom is 0.410 e. The van der Waals surface area contributed by atoms with Gasteiger partial charge in [0.25, 0.3) is 0 Å². The third-order valence-corrected chi connectivity index (χ3v) is 4.81. The Kier molecular flexibility index (Phi) is 6.36. The second kappa shape index (κ2) is 7.91. The summed E-state index contributed by atoms with van der Waals surface area (Å²) < 4.78 is 11.9. The number of ether oxygens (including phenoxy) is 2. The molecule has 1 aliphatic heterocycles. The molecule has 1 saturated heterocycles. The number of piperazine rings is 1. The molecule has 1 fully saturated rings. The molecular formula is C18H27IN2O3. The Hall–Kier alpha value is -1.02. The smallest absolute Gasteiger partial charge is 0.410 e. The minimum Gasteiger partial charge on any atom is -0.496 e. The van der Waals surface area contributed by atoms with Gasteiger partial charge < -0.3 is 14.4 Å². The van der Waals surface area contributed by atoms with Gasteiger partial charge in [0.2, 0.25) is 0 Å². The van der Waals surface area contributed by atoms with E-state index in [0.29, 0.717) is 6.54 Å². The van der Waals surface area contributed by atoms with Crippen molar-refractivity contribution in [3.63, 3.8) is 0 Å². The molecule has 0 bridgehead atoms. The van der Waals surface area contributed by atoms with Crippen molar-refractivity contribution in [3.8, 4) is 5.75 Å². The van der Waals surface area contributed by atoms with Gasteiger partial charge in [0, 0.05) is 32.2 Å². The van der Waals surface area contributed by atoms with Gasteiger partial charge >= 0.3 is 6.09 Å². The van der Waals surface area contributed by atoms with Crippen LogP contribution in [0.25, 0.3) is 0 Å². The number of benzene rings is 1. The summed E-state index contributed by atoms with van der Waals surface area (Å²) >= 11 is 2.30. The van der Waals surface area contributed by atoms with Crippen molar-refractivity contribution in [3.05, 3.63) is 27.3 Å². The van der Waals surface area contributed by atoms with Crippen LogP contribution in [0, 0.1) is 3.57 Å². The van der Waals surface area contributed by atoms with E-state index in [2.05, 4.69) is 46.5 Å². The van der Waals surface area contributed by atoms with Crippen molar-refractivity contribution in [2.45, 2.75) is 45.9 Å². The molecule has 1 atom stereocenters. The fraction of sp³-hybridized carbons (Fsp3) is 0.611. The highest BCUT2D eigenvalue weighted by Gasteiger charge is 2.30. The zero-order chi connectivity index (χ0) is 17.9. The van der Waals surface area contributed by atoms with E-state index in [0.717, 1.165) is 29.0 Å². The molecule has 0 aliphatic carbocycles. The molecule has 0 unspecified atom stereocenters. The summed E-state index contributed by atoms with van der Waals surface area (Å²) in [5.74, 6) is 0.905. The molecule has 0 aromatic heterocycles. The predicted molar refractivity (Wildman–Crippen MR) is 103 cm³/mol. The van der Waals surface area contributed by atoms with E-state index in [-0.39, 0.29) is 12.1 Å². The summed E-state index contributed by atoms with van der Waals surface area (Å²) in [5, 5.41) is 0. The molecular weight excluding hydrogens is 419 g/mol. The van der Waals surface area contributed by atoms with Crippen LogP contribution in [0.4, 0.5) is 4.79 Å². The Morgan fingerprint density at radius 2 is 2.04 bits per heavy atom. The van der Waals surface area contributed by atoms with Gasteiger partial charge in [-0.15, -0.1) is 0 Å². The van der Waals surface area contributed by atoms with Crippen LogP contribution in [-0.4, -0.2) is 54.3 Å². The predicted octanol–water partition coefficient (Wildman–Crippen LogP) is 3.74. The molecule has 0 spiro atoms. The van der Waals surface area contributed by atoms with Crippen LogP contribution in [-0.2, 0) is 11.3 Å². The van der Waals surface area contributed by atoms with Gasteiger partial charge in [0.05, 0.1) is 10.7 Å². The van der Waals surface area contributed by atoms with Gasteiger partial charge in [0.1, 0.15) is 11.4 Å². The Morgan fingerprint density at radius 3 is 2.58 bits per heavy atom. The topological polar surface area (TPSA) is 42.0 Å². The molecule has 24 heavy (non-hydrogen) atoms. The molecule has 0 saturated carbocycles. The van der Waals surface area contributed by atoms with Gasteiger partial charge in [0.15, 0.2) is 0 Å². The molecule has 1 aromatic rings. The van der Waals surface area contributed by atoms with Crippen molar-refractivity contribution in [1.82, 2.24) is 9.80 Å². The van der Waals surface area contributed by atoms with Crippen LogP contribution in [0.3, 0.4) is 0 Å². The average Bonchev–Trinajstić information content (AvgIpc) is 2.45. The number of halogens is 1. The van der Waals surface area contributed by atoms with E-state index < -0.39 is 5.60 Å². The fourth-order valence-corrected chi connectivity index (χ4v) is 3.63. The van der Waals surface area contributed by atoms with Gasteiger partial charge in [-0.25, -0.2) is 4.79 Å². The molecule has 1 amide bonds. The SMILES string of the molecule is COc1ccc(CN2CCN(C(=O)OC(C)(C)C)[C@H](C)C2)cc1I. The lowest BCUT2D eigenvalue weighted by atomic mass is 10.1. The number of methoxy groups -OCH3 is 1. The van der Waals surface area contributed by atoms with E-state index in [1.54, 1.807) is 7.11 Å². The van der Waals surface area contributed by atoms with E-state index in [1.165, 1.54) is 5.56 Å². The summed E-state index contributed by atoms with van der Waals surface area (Å²) in [6.07, 6.45) is -0.214. The summed E-state index contributed by atoms with van der Waals surface area (Å²) in [6.45, 7) is 11.1. The molecule has 134 valence electrons. The number of carbonyl (C=O) groups excluding carboxylic acids is 1. The first-order valence-corrected chi connectivity index (χ1v) is 9.32. The van der Waals surface area contributed by atoms with Gasteiger partial charge in [-0.3, -0.25) is 4.90 Å². The lowest BCUT2D eigenvalue weighted by Gasteiger charge is -2.40. The minimum atomic E-state index is -0.451. The number of rotatable bonds is 3. The van der Waals surface area contributed by atoms with Crippen molar-refractivity contribution in [2.75, 3.05) is 26.7 Å². The van der Waals surface area contributed by atoms with E-state index >= 15 is 0 Å². The van der Waals surface area contributed by atoms with E-state index in [1.807, 2.05) is 31.7 Å². The van der Waals surface area contributed by atoms with Crippen molar-refractivity contribution in [2.24, 2.45) is 0 Å². The van der Waals surface area contributed by atoms with E-state index in [9.17, 15) is 4.79 Å². The Labute approximate surface area is 158 Å². The Morgan fingerprint density at radius 1 is 1.33 bits per heavy atom. The highest BCUT2D eigenvalue weighted by Crippen LogP contribution is 2.23. The summed E-state index contributed by atoms with van der Waals surface area (Å²) in [7, 11) is 1.69. The standard InChI is InChI=1S/C18H27IN2O3/c1-13-11-20(8-9-21(13)17(22)24-18(2,3)4)12-14-6-7-16(23-5)15(19)10-14/h6-7,10,13H,8-9,11-12H2,1-5H3/t13-/m1/s1. The molecule has 5 nitrogen and oxygen atoms in total. The second-order valence-corrected chi connectivity index (χ2v) is 8.39. The first kappa shape index (κ1) is 19.3. The zero-order valence-corrected chi connectivity index (χ0v) is 17.3. The first-order chi connectivity index (χ1) is 11.2. The fourth-order valence-electron chi connectivity index (χ4n) is 2.83. The zero-order valence-electron chi connectivity index (χ0n) is 15.1. The molecule has 0 N–H and O–H groups in total. The number of hydrogen-bond donors (Lipinski definition) is 0. The minimum absolute atomic E-state index is 0.144. The maximum atomic E-state index is 12.3. The lowest BCUT2D eigenvalue weighted by Crippen LogP contribution is -2.54. The summed E-state index contributed by atoms with van der Waals surface area (Å²) in [6, 6.07) is 6.42. The van der Waals surface area contributed by atoms with Crippen LogP contribution in [0.1, 0.15) is 33.3 Å². The van der Waals surface area contributed by atoms with Crippen LogP contribution < -0.4 is 4.74 Å². The monoisotopic (exact) mass is 446 g/mol. The second-order valence-electron chi connectivity index (χ2n) is 7.23.